The molecule has 0 saturated heterocycles. The van der Waals surface area contributed by atoms with Crippen LogP contribution in [-0.4, -0.2) is 58.1 Å². The lowest BCUT2D eigenvalue weighted by atomic mass is 10.0. The Bertz CT molecular complexity index is 225. The van der Waals surface area contributed by atoms with Crippen LogP contribution in [0, 0.1) is 0 Å². The third kappa shape index (κ3) is 12.1. The molecule has 0 fully saturated rings. The van der Waals surface area contributed by atoms with Crippen molar-refractivity contribution in [2.24, 2.45) is 0 Å². The lowest BCUT2D eigenvalue weighted by molar-refractivity contribution is -0.0579. The normalized spacial score (nSPS) is 17.4. The van der Waals surface area contributed by atoms with E-state index in [1.807, 2.05) is 0 Å². The van der Waals surface area contributed by atoms with Crippen LogP contribution in [0.2, 0.25) is 0 Å². The molecule has 4 unspecified atom stereocenters. The van der Waals surface area contributed by atoms with Crippen molar-refractivity contribution in [2.75, 3.05) is 13.2 Å². The molecule has 0 saturated carbocycles. The van der Waals surface area contributed by atoms with E-state index in [-0.39, 0.29) is 19.3 Å². The second-order valence-corrected chi connectivity index (χ2v) is 5.91. The van der Waals surface area contributed by atoms with Gasteiger partial charge in [-0.1, -0.05) is 45.4 Å². The zero-order valence-electron chi connectivity index (χ0n) is 13.6. The molecule has 128 valence electrons. The molecule has 0 aromatic rings. The predicted octanol–water partition coefficient (Wildman–Crippen LogP) is 1.61. The largest absolute Gasteiger partial charge is 0.394 e. The van der Waals surface area contributed by atoms with Crippen molar-refractivity contribution in [1.29, 1.82) is 0 Å². The molecule has 0 rings (SSSR count). The van der Waals surface area contributed by atoms with Gasteiger partial charge in [0.2, 0.25) is 0 Å². The summed E-state index contributed by atoms with van der Waals surface area (Å²) in [6, 6.07) is 0. The van der Waals surface area contributed by atoms with Crippen molar-refractivity contribution >= 4 is 0 Å². The highest BCUT2D eigenvalue weighted by molar-refractivity contribution is 4.70. The van der Waals surface area contributed by atoms with Crippen LogP contribution < -0.4 is 0 Å². The molecule has 0 aromatic carbocycles. The van der Waals surface area contributed by atoms with Crippen molar-refractivity contribution in [2.45, 2.75) is 89.6 Å². The first-order valence-electron chi connectivity index (χ1n) is 8.27. The first-order valence-corrected chi connectivity index (χ1v) is 8.27. The quantitative estimate of drug-likeness (QED) is 0.366. The van der Waals surface area contributed by atoms with E-state index >= 15 is 0 Å². The van der Waals surface area contributed by atoms with E-state index in [9.17, 15) is 10.2 Å². The van der Waals surface area contributed by atoms with E-state index < -0.39 is 18.3 Å². The van der Waals surface area contributed by atoms with Crippen LogP contribution in [0.25, 0.3) is 0 Å². The molecule has 0 radical (unpaired) electrons. The summed E-state index contributed by atoms with van der Waals surface area (Å²) in [5.74, 6) is 0. The van der Waals surface area contributed by atoms with Gasteiger partial charge in [0.1, 0.15) is 6.10 Å². The molecular formula is C16H34O5. The number of aliphatic hydroxyl groups excluding tert-OH is 4. The number of rotatable bonds is 14. The van der Waals surface area contributed by atoms with Crippen molar-refractivity contribution in [3.05, 3.63) is 0 Å². The minimum atomic E-state index is -0.891. The van der Waals surface area contributed by atoms with Gasteiger partial charge >= 0.3 is 0 Å². The number of unbranched alkanes of at least 4 members (excludes halogenated alkanes) is 5. The minimum absolute atomic E-state index is 0.0396. The molecule has 0 aliphatic carbocycles. The zero-order valence-corrected chi connectivity index (χ0v) is 13.6. The number of ether oxygens (including phenoxy) is 1. The molecule has 0 aliphatic rings. The lowest BCUT2D eigenvalue weighted by Crippen LogP contribution is -2.31. The summed E-state index contributed by atoms with van der Waals surface area (Å²) in [5, 5.41) is 37.6. The summed E-state index contributed by atoms with van der Waals surface area (Å²) >= 11 is 0. The summed E-state index contributed by atoms with van der Waals surface area (Å²) < 4.78 is 5.30. The van der Waals surface area contributed by atoms with E-state index in [0.717, 1.165) is 12.8 Å². The van der Waals surface area contributed by atoms with E-state index in [0.29, 0.717) is 12.8 Å². The molecule has 21 heavy (non-hydrogen) atoms. The Balaban J connectivity index is 3.66. The molecule has 0 heterocycles. The molecule has 0 aliphatic heterocycles. The fraction of sp³-hybridized carbons (Fsp3) is 1.00. The highest BCUT2D eigenvalue weighted by atomic mass is 16.5. The van der Waals surface area contributed by atoms with Gasteiger partial charge in [0, 0.05) is 6.42 Å². The van der Waals surface area contributed by atoms with Crippen LogP contribution >= 0.6 is 0 Å². The minimum Gasteiger partial charge on any atom is -0.394 e. The third-order valence-corrected chi connectivity index (χ3v) is 3.65. The summed E-state index contributed by atoms with van der Waals surface area (Å²) in [6.45, 7) is 3.67. The van der Waals surface area contributed by atoms with Gasteiger partial charge in [-0.15, -0.1) is 0 Å². The van der Waals surface area contributed by atoms with Crippen LogP contribution in [0.5, 0.6) is 0 Å². The Morgan fingerprint density at radius 2 is 1.52 bits per heavy atom. The smallest absolute Gasteiger partial charge is 0.100 e. The first-order chi connectivity index (χ1) is 10.0. The van der Waals surface area contributed by atoms with Gasteiger partial charge in [0.25, 0.3) is 0 Å². The van der Waals surface area contributed by atoms with Crippen molar-refractivity contribution in [1.82, 2.24) is 0 Å². The van der Waals surface area contributed by atoms with Crippen molar-refractivity contribution < 1.29 is 25.2 Å². The standard InChI is InChI=1S/C16H34O5/c1-3-4-5-6-7-8-9-15(19)16(20)10-13(2)21-12-14(18)11-17/h13-20H,3-12H2,1-2H3. The Labute approximate surface area is 129 Å². The molecule has 0 aromatic heterocycles. The monoisotopic (exact) mass is 306 g/mol. The average molecular weight is 306 g/mol. The molecule has 0 bridgehead atoms. The topological polar surface area (TPSA) is 90.2 Å². The van der Waals surface area contributed by atoms with Crippen molar-refractivity contribution in [3.63, 3.8) is 0 Å². The van der Waals surface area contributed by atoms with Gasteiger partial charge in [-0.25, -0.2) is 0 Å². The summed E-state index contributed by atoms with van der Waals surface area (Å²) in [5.41, 5.74) is 0. The molecule has 5 heteroatoms. The van der Waals surface area contributed by atoms with Crippen LogP contribution in [0.4, 0.5) is 0 Å². The van der Waals surface area contributed by atoms with Gasteiger partial charge in [-0.3, -0.25) is 0 Å². The molecule has 4 atom stereocenters. The fourth-order valence-corrected chi connectivity index (χ4v) is 2.22. The second-order valence-electron chi connectivity index (χ2n) is 5.91. The van der Waals surface area contributed by atoms with Gasteiger partial charge < -0.3 is 25.2 Å². The number of hydrogen-bond acceptors (Lipinski definition) is 5. The van der Waals surface area contributed by atoms with Crippen LogP contribution in [0.1, 0.15) is 65.2 Å². The SMILES string of the molecule is CCCCCCCCC(O)C(O)CC(C)OCC(O)CO. The summed E-state index contributed by atoms with van der Waals surface area (Å²) in [4.78, 5) is 0. The van der Waals surface area contributed by atoms with Crippen LogP contribution in [-0.2, 0) is 4.74 Å². The molecule has 5 nitrogen and oxygen atoms in total. The third-order valence-electron chi connectivity index (χ3n) is 3.65. The van der Waals surface area contributed by atoms with E-state index in [1.54, 1.807) is 6.92 Å². The highest BCUT2D eigenvalue weighted by Crippen LogP contribution is 2.14. The Morgan fingerprint density at radius 3 is 2.14 bits per heavy atom. The van der Waals surface area contributed by atoms with Gasteiger partial charge in [-0.2, -0.15) is 0 Å². The van der Waals surface area contributed by atoms with Crippen molar-refractivity contribution in [3.8, 4) is 0 Å². The van der Waals surface area contributed by atoms with E-state index in [4.69, 9.17) is 14.9 Å². The Kier molecular flexibility index (Phi) is 13.3. The second kappa shape index (κ2) is 13.5. The van der Waals surface area contributed by atoms with Gasteiger partial charge in [0.05, 0.1) is 31.5 Å². The summed E-state index contributed by atoms with van der Waals surface area (Å²) in [7, 11) is 0. The molecule has 0 amide bonds. The Morgan fingerprint density at radius 1 is 0.905 bits per heavy atom. The van der Waals surface area contributed by atoms with Crippen LogP contribution in [0.3, 0.4) is 0 Å². The fourth-order valence-electron chi connectivity index (χ4n) is 2.22. The lowest BCUT2D eigenvalue weighted by Gasteiger charge is -2.22. The zero-order chi connectivity index (χ0) is 16.1. The van der Waals surface area contributed by atoms with Gasteiger partial charge in [-0.05, 0) is 13.3 Å². The average Bonchev–Trinajstić information content (AvgIpc) is 2.47. The number of aliphatic hydroxyl groups is 4. The molecular weight excluding hydrogens is 272 g/mol. The number of hydrogen-bond donors (Lipinski definition) is 4. The maximum absolute atomic E-state index is 9.91. The maximum atomic E-state index is 9.91. The predicted molar refractivity (Wildman–Crippen MR) is 83.1 cm³/mol. The highest BCUT2D eigenvalue weighted by Gasteiger charge is 2.19. The molecule has 4 N–H and O–H groups in total. The molecule has 0 spiro atoms. The van der Waals surface area contributed by atoms with E-state index in [2.05, 4.69) is 6.92 Å². The van der Waals surface area contributed by atoms with E-state index in [1.165, 1.54) is 25.7 Å². The summed E-state index contributed by atoms with van der Waals surface area (Å²) in [6.07, 6.45) is 5.21. The maximum Gasteiger partial charge on any atom is 0.100 e. The van der Waals surface area contributed by atoms with Gasteiger partial charge in [0.15, 0.2) is 0 Å². The van der Waals surface area contributed by atoms with Crippen LogP contribution in [0.15, 0.2) is 0 Å². The Hall–Kier alpha value is -0.200. The first kappa shape index (κ1) is 20.8.